The zero-order chi connectivity index (χ0) is 16.1. The topological polar surface area (TPSA) is 75.4 Å². The Morgan fingerprint density at radius 3 is 2.32 bits per heavy atom. The van der Waals surface area contributed by atoms with Gasteiger partial charge in [0, 0.05) is 25.0 Å². The predicted molar refractivity (Wildman–Crippen MR) is 86.0 cm³/mol. The molecule has 0 aliphatic carbocycles. The molecule has 0 spiro atoms. The molecule has 0 saturated carbocycles. The third-order valence-electron chi connectivity index (χ3n) is 4.10. The van der Waals surface area contributed by atoms with Crippen LogP contribution < -0.4 is 11.1 Å². The number of likely N-dealkylation sites (tertiary alicyclic amines) is 1. The lowest BCUT2D eigenvalue weighted by Crippen LogP contribution is -2.49. The lowest BCUT2D eigenvalue weighted by Gasteiger charge is -2.34. The predicted octanol–water partition coefficient (Wildman–Crippen LogP) is 1.45. The van der Waals surface area contributed by atoms with Crippen LogP contribution in [0.2, 0.25) is 0 Å². The van der Waals surface area contributed by atoms with Gasteiger partial charge in [-0.2, -0.15) is 0 Å². The van der Waals surface area contributed by atoms with E-state index in [1.54, 1.807) is 4.90 Å². The summed E-state index contributed by atoms with van der Waals surface area (Å²) in [7, 11) is 0. The van der Waals surface area contributed by atoms with Crippen molar-refractivity contribution >= 4 is 11.8 Å². The second-order valence-electron chi connectivity index (χ2n) is 6.15. The van der Waals surface area contributed by atoms with Crippen molar-refractivity contribution in [2.45, 2.75) is 38.8 Å². The van der Waals surface area contributed by atoms with Crippen LogP contribution in [0.15, 0.2) is 30.3 Å². The van der Waals surface area contributed by atoms with E-state index >= 15 is 0 Å². The number of amides is 2. The summed E-state index contributed by atoms with van der Waals surface area (Å²) >= 11 is 0. The van der Waals surface area contributed by atoms with Gasteiger partial charge in [0.1, 0.15) is 6.04 Å². The van der Waals surface area contributed by atoms with Gasteiger partial charge in [-0.1, -0.05) is 44.2 Å². The molecule has 1 aromatic rings. The van der Waals surface area contributed by atoms with E-state index in [-0.39, 0.29) is 23.8 Å². The molecule has 2 rings (SSSR count). The van der Waals surface area contributed by atoms with Crippen LogP contribution >= 0.6 is 0 Å². The van der Waals surface area contributed by atoms with Crippen molar-refractivity contribution in [1.29, 1.82) is 0 Å². The smallest absolute Gasteiger partial charge is 0.244 e. The van der Waals surface area contributed by atoms with E-state index in [4.69, 9.17) is 5.73 Å². The van der Waals surface area contributed by atoms with E-state index in [9.17, 15) is 9.59 Å². The second-order valence-corrected chi connectivity index (χ2v) is 6.15. The first kappa shape index (κ1) is 16.5. The van der Waals surface area contributed by atoms with Crippen molar-refractivity contribution in [1.82, 2.24) is 10.2 Å². The van der Waals surface area contributed by atoms with Crippen LogP contribution in [0, 0.1) is 5.92 Å². The molecule has 0 aromatic heterocycles. The van der Waals surface area contributed by atoms with Crippen molar-refractivity contribution in [2.24, 2.45) is 11.7 Å². The van der Waals surface area contributed by atoms with Crippen LogP contribution in [0.1, 0.15) is 38.3 Å². The van der Waals surface area contributed by atoms with E-state index in [1.807, 2.05) is 44.2 Å². The van der Waals surface area contributed by atoms with Crippen molar-refractivity contribution in [2.75, 3.05) is 13.1 Å². The van der Waals surface area contributed by atoms with Crippen LogP contribution in [-0.4, -0.2) is 35.8 Å². The molecule has 0 radical (unpaired) electrons. The number of hydrogen-bond acceptors (Lipinski definition) is 3. The number of carbonyl (C=O) groups is 2. The van der Waals surface area contributed by atoms with Gasteiger partial charge >= 0.3 is 0 Å². The summed E-state index contributed by atoms with van der Waals surface area (Å²) in [6, 6.07) is 8.97. The summed E-state index contributed by atoms with van der Waals surface area (Å²) in [6.45, 7) is 5.05. The summed E-state index contributed by atoms with van der Waals surface area (Å²) in [5, 5.41) is 3.03. The maximum Gasteiger partial charge on any atom is 0.244 e. The molecular formula is C17H25N3O2. The molecule has 1 saturated heterocycles. The first-order valence-corrected chi connectivity index (χ1v) is 7.88. The van der Waals surface area contributed by atoms with Gasteiger partial charge in [-0.25, -0.2) is 0 Å². The Hall–Kier alpha value is -1.88. The molecule has 1 heterocycles. The number of hydrogen-bond donors (Lipinski definition) is 2. The highest BCUT2D eigenvalue weighted by Gasteiger charge is 2.27. The Kier molecular flexibility index (Phi) is 5.55. The second kappa shape index (κ2) is 7.40. The molecule has 5 nitrogen and oxygen atoms in total. The number of rotatable bonds is 4. The highest BCUT2D eigenvalue weighted by Crippen LogP contribution is 2.17. The molecule has 3 N–H and O–H groups in total. The molecule has 5 heteroatoms. The van der Waals surface area contributed by atoms with Gasteiger partial charge in [-0.15, -0.1) is 0 Å². The average molecular weight is 303 g/mol. The number of carbonyl (C=O) groups excluding carboxylic acids is 2. The Labute approximate surface area is 131 Å². The summed E-state index contributed by atoms with van der Waals surface area (Å²) in [5.74, 6) is 0.0248. The molecule has 120 valence electrons. The van der Waals surface area contributed by atoms with Gasteiger partial charge in [0.2, 0.25) is 11.8 Å². The Morgan fingerprint density at radius 2 is 1.77 bits per heavy atom. The Bertz CT molecular complexity index is 508. The largest absolute Gasteiger partial charge is 0.353 e. The van der Waals surface area contributed by atoms with Gasteiger partial charge in [-0.3, -0.25) is 9.59 Å². The molecule has 1 atom stereocenters. The summed E-state index contributed by atoms with van der Waals surface area (Å²) < 4.78 is 0. The van der Waals surface area contributed by atoms with Crippen molar-refractivity contribution < 1.29 is 9.59 Å². The monoisotopic (exact) mass is 303 g/mol. The fraction of sp³-hybridized carbons (Fsp3) is 0.529. The van der Waals surface area contributed by atoms with Crippen molar-refractivity contribution in [3.63, 3.8) is 0 Å². The van der Waals surface area contributed by atoms with Crippen LogP contribution in [0.5, 0.6) is 0 Å². The zero-order valence-electron chi connectivity index (χ0n) is 13.3. The van der Waals surface area contributed by atoms with Gasteiger partial charge in [-0.05, 0) is 18.4 Å². The van der Waals surface area contributed by atoms with Crippen LogP contribution in [0.25, 0.3) is 0 Å². The molecule has 22 heavy (non-hydrogen) atoms. The van der Waals surface area contributed by atoms with Gasteiger partial charge < -0.3 is 16.0 Å². The minimum Gasteiger partial charge on any atom is -0.353 e. The van der Waals surface area contributed by atoms with Crippen LogP contribution in [0.3, 0.4) is 0 Å². The first-order valence-electron chi connectivity index (χ1n) is 7.88. The fourth-order valence-corrected chi connectivity index (χ4v) is 2.61. The van der Waals surface area contributed by atoms with Crippen LogP contribution in [0.4, 0.5) is 0 Å². The first-order chi connectivity index (χ1) is 10.5. The maximum absolute atomic E-state index is 12.4. The number of nitrogens with one attached hydrogen (secondary N) is 1. The lowest BCUT2D eigenvalue weighted by molar-refractivity contribution is -0.134. The number of nitrogens with two attached hydrogens (primary N) is 1. The van der Waals surface area contributed by atoms with E-state index in [1.165, 1.54) is 0 Å². The minimum atomic E-state index is -0.608. The molecule has 1 fully saturated rings. The third kappa shape index (κ3) is 4.07. The molecule has 1 aromatic carbocycles. The van der Waals surface area contributed by atoms with E-state index in [0.717, 1.165) is 18.4 Å². The lowest BCUT2D eigenvalue weighted by atomic mass is 10.0. The number of piperidine rings is 1. The van der Waals surface area contributed by atoms with E-state index in [2.05, 4.69) is 5.32 Å². The minimum absolute atomic E-state index is 0.00818. The van der Waals surface area contributed by atoms with Crippen molar-refractivity contribution in [3.8, 4) is 0 Å². The van der Waals surface area contributed by atoms with Gasteiger partial charge in [0.25, 0.3) is 0 Å². The number of nitrogens with zero attached hydrogens (tertiary/aromatic N) is 1. The highest BCUT2D eigenvalue weighted by molar-refractivity contribution is 5.83. The van der Waals surface area contributed by atoms with E-state index in [0.29, 0.717) is 13.1 Å². The van der Waals surface area contributed by atoms with Gasteiger partial charge in [0.05, 0.1) is 0 Å². The molecule has 1 unspecified atom stereocenters. The molecule has 1 aliphatic heterocycles. The van der Waals surface area contributed by atoms with E-state index < -0.39 is 6.04 Å². The standard InChI is InChI=1S/C17H25N3O2/c1-12(2)16(21)19-14-8-10-20(11-9-14)17(22)15(18)13-6-4-3-5-7-13/h3-7,12,14-15H,8-11,18H2,1-2H3,(H,19,21). The number of benzene rings is 1. The van der Waals surface area contributed by atoms with Gasteiger partial charge in [0.15, 0.2) is 0 Å². The highest BCUT2D eigenvalue weighted by atomic mass is 16.2. The SMILES string of the molecule is CC(C)C(=O)NC1CCN(C(=O)C(N)c2ccccc2)CC1. The quantitative estimate of drug-likeness (QED) is 0.884. The third-order valence-corrected chi connectivity index (χ3v) is 4.10. The Morgan fingerprint density at radius 1 is 1.18 bits per heavy atom. The molecule has 1 aliphatic rings. The fourth-order valence-electron chi connectivity index (χ4n) is 2.61. The van der Waals surface area contributed by atoms with Crippen molar-refractivity contribution in [3.05, 3.63) is 35.9 Å². The van der Waals surface area contributed by atoms with Crippen LogP contribution in [-0.2, 0) is 9.59 Å². The summed E-state index contributed by atoms with van der Waals surface area (Å²) in [4.78, 5) is 26.0. The Balaban J connectivity index is 1.86. The zero-order valence-corrected chi connectivity index (χ0v) is 13.3. The molecule has 2 amide bonds. The molecular weight excluding hydrogens is 278 g/mol. The maximum atomic E-state index is 12.4. The molecule has 0 bridgehead atoms. The average Bonchev–Trinajstić information content (AvgIpc) is 2.55. The summed E-state index contributed by atoms with van der Waals surface area (Å²) in [5.41, 5.74) is 6.90. The summed E-state index contributed by atoms with van der Waals surface area (Å²) in [6.07, 6.45) is 1.57. The normalized spacial score (nSPS) is 17.4.